The largest absolute Gasteiger partial charge is 0.493 e. The lowest BCUT2D eigenvalue weighted by Crippen LogP contribution is -2.43. The summed E-state index contributed by atoms with van der Waals surface area (Å²) in [5.74, 6) is 0.798. The second-order valence-electron chi connectivity index (χ2n) is 6.75. The van der Waals surface area contributed by atoms with Gasteiger partial charge in [0.15, 0.2) is 0 Å². The number of nitriles is 1. The summed E-state index contributed by atoms with van der Waals surface area (Å²) in [5.41, 5.74) is -0.0413. The molecule has 0 aliphatic carbocycles. The molecule has 1 atom stereocenters. The number of benzene rings is 1. The smallest absolute Gasteiger partial charge is 0.256 e. The van der Waals surface area contributed by atoms with Crippen LogP contribution in [0.5, 0.6) is 5.75 Å². The van der Waals surface area contributed by atoms with E-state index in [9.17, 15) is 10.1 Å². The van der Waals surface area contributed by atoms with Gasteiger partial charge in [-0.3, -0.25) is 4.79 Å². The van der Waals surface area contributed by atoms with Crippen LogP contribution in [0.15, 0.2) is 18.2 Å². The Morgan fingerprint density at radius 1 is 1.36 bits per heavy atom. The Kier molecular flexibility index (Phi) is 8.44. The molecule has 0 aliphatic heterocycles. The maximum atomic E-state index is 12.7. The van der Waals surface area contributed by atoms with E-state index in [1.54, 1.807) is 25.1 Å². The zero-order chi connectivity index (χ0) is 18.9. The fraction of sp³-hybridized carbons (Fsp3) is 0.600. The van der Waals surface area contributed by atoms with Gasteiger partial charge in [-0.1, -0.05) is 33.6 Å². The quantitative estimate of drug-likeness (QED) is 0.676. The first-order valence-corrected chi connectivity index (χ1v) is 8.98. The van der Waals surface area contributed by atoms with Crippen molar-refractivity contribution < 1.29 is 14.3 Å². The van der Waals surface area contributed by atoms with E-state index >= 15 is 0 Å². The topological polar surface area (TPSA) is 71.3 Å². The van der Waals surface area contributed by atoms with Crippen LogP contribution in [0.3, 0.4) is 0 Å². The van der Waals surface area contributed by atoms with E-state index in [4.69, 9.17) is 9.47 Å². The number of nitrogens with one attached hydrogen (secondary N) is 1. The van der Waals surface area contributed by atoms with Crippen molar-refractivity contribution in [2.24, 2.45) is 5.92 Å². The summed E-state index contributed by atoms with van der Waals surface area (Å²) in [5, 5.41) is 12.2. The Morgan fingerprint density at radius 2 is 2.08 bits per heavy atom. The van der Waals surface area contributed by atoms with Gasteiger partial charge in [-0.2, -0.15) is 5.26 Å². The van der Waals surface area contributed by atoms with Gasteiger partial charge < -0.3 is 14.8 Å². The molecule has 0 fully saturated rings. The Balaban J connectivity index is 2.92. The molecule has 0 heterocycles. The summed E-state index contributed by atoms with van der Waals surface area (Å²) < 4.78 is 11.3. The van der Waals surface area contributed by atoms with Crippen LogP contribution in [0, 0.1) is 17.2 Å². The lowest BCUT2D eigenvalue weighted by molar-refractivity contribution is -0.139. The minimum atomic E-state index is -0.899. The van der Waals surface area contributed by atoms with Crippen LogP contribution in [-0.4, -0.2) is 24.7 Å². The van der Waals surface area contributed by atoms with Gasteiger partial charge >= 0.3 is 0 Å². The maximum Gasteiger partial charge on any atom is 0.256 e. The van der Waals surface area contributed by atoms with E-state index in [1.165, 1.54) is 0 Å². The second kappa shape index (κ2) is 10.0. The molecule has 0 aliphatic rings. The summed E-state index contributed by atoms with van der Waals surface area (Å²) in [4.78, 5) is 12.7. The zero-order valence-corrected chi connectivity index (χ0v) is 16.0. The Labute approximate surface area is 151 Å². The van der Waals surface area contributed by atoms with E-state index in [0.29, 0.717) is 42.6 Å². The summed E-state index contributed by atoms with van der Waals surface area (Å²) in [6.07, 6.45) is 2.53. The number of ether oxygens (including phenoxy) is 2. The molecule has 25 heavy (non-hydrogen) atoms. The highest BCUT2D eigenvalue weighted by molar-refractivity contribution is 5.98. The SMILES string of the molecule is CCCCC(C)(OCC)C(=O)Nc1ccc(OCC(C)C)cc1C#N. The molecule has 1 amide bonds. The summed E-state index contributed by atoms with van der Waals surface area (Å²) in [6.45, 7) is 10.9. The number of carbonyl (C=O) groups excluding carboxylic acids is 1. The van der Waals surface area contributed by atoms with Crippen LogP contribution in [0.4, 0.5) is 5.69 Å². The zero-order valence-electron chi connectivity index (χ0n) is 16.0. The van der Waals surface area contributed by atoms with E-state index in [0.717, 1.165) is 12.8 Å². The third-order valence-corrected chi connectivity index (χ3v) is 3.89. The Morgan fingerprint density at radius 3 is 2.64 bits per heavy atom. The Bertz CT molecular complexity index is 607. The van der Waals surface area contributed by atoms with Crippen LogP contribution in [0.2, 0.25) is 0 Å². The van der Waals surface area contributed by atoms with E-state index < -0.39 is 5.60 Å². The van der Waals surface area contributed by atoms with Gasteiger partial charge in [0.05, 0.1) is 17.9 Å². The number of unbranched alkanes of at least 4 members (excludes halogenated alkanes) is 1. The minimum absolute atomic E-state index is 0.227. The molecule has 0 spiro atoms. The molecule has 138 valence electrons. The van der Waals surface area contributed by atoms with Crippen LogP contribution in [0.25, 0.3) is 0 Å². The number of carbonyl (C=O) groups is 1. The van der Waals surface area contributed by atoms with Gasteiger partial charge in [-0.25, -0.2) is 0 Å². The average Bonchev–Trinajstić information content (AvgIpc) is 2.59. The number of anilines is 1. The van der Waals surface area contributed by atoms with Gasteiger partial charge in [0.1, 0.15) is 17.4 Å². The first-order valence-electron chi connectivity index (χ1n) is 8.98. The maximum absolute atomic E-state index is 12.7. The molecule has 5 heteroatoms. The standard InChI is InChI=1S/C20H30N2O3/c1-6-8-11-20(5,25-7-2)19(23)22-18-10-9-17(12-16(18)13-21)24-14-15(3)4/h9-10,12,15H,6-8,11,14H2,1-5H3,(H,22,23). The summed E-state index contributed by atoms with van der Waals surface area (Å²) >= 11 is 0. The summed E-state index contributed by atoms with van der Waals surface area (Å²) in [7, 11) is 0. The van der Waals surface area contributed by atoms with Gasteiger partial charge in [-0.15, -0.1) is 0 Å². The number of nitrogens with zero attached hydrogens (tertiary/aromatic N) is 1. The fourth-order valence-electron chi connectivity index (χ4n) is 2.42. The molecule has 1 rings (SSSR count). The first kappa shape index (κ1) is 21.0. The predicted octanol–water partition coefficient (Wildman–Crippen LogP) is 4.52. The van der Waals surface area contributed by atoms with Crippen molar-refractivity contribution >= 4 is 11.6 Å². The van der Waals surface area contributed by atoms with Crippen LogP contribution >= 0.6 is 0 Å². The number of hydrogen-bond donors (Lipinski definition) is 1. The predicted molar refractivity (Wildman–Crippen MR) is 99.7 cm³/mol. The lowest BCUT2D eigenvalue weighted by Gasteiger charge is -2.28. The monoisotopic (exact) mass is 346 g/mol. The molecule has 0 saturated heterocycles. The highest BCUT2D eigenvalue weighted by Gasteiger charge is 2.33. The van der Waals surface area contributed by atoms with Gasteiger partial charge in [0.2, 0.25) is 0 Å². The van der Waals surface area contributed by atoms with Crippen molar-refractivity contribution in [1.82, 2.24) is 0 Å². The lowest BCUT2D eigenvalue weighted by atomic mass is 9.97. The molecule has 0 bridgehead atoms. The van der Waals surface area contributed by atoms with Gasteiger partial charge in [-0.05, 0) is 44.4 Å². The van der Waals surface area contributed by atoms with E-state index in [-0.39, 0.29) is 5.91 Å². The number of amides is 1. The molecule has 5 nitrogen and oxygen atoms in total. The van der Waals surface area contributed by atoms with Crippen molar-refractivity contribution in [2.45, 2.75) is 59.5 Å². The molecular weight excluding hydrogens is 316 g/mol. The number of rotatable bonds is 10. The van der Waals surface area contributed by atoms with Crippen LogP contribution in [0.1, 0.15) is 59.4 Å². The fourth-order valence-corrected chi connectivity index (χ4v) is 2.42. The molecule has 0 saturated carbocycles. The molecule has 1 N–H and O–H groups in total. The number of hydrogen-bond acceptors (Lipinski definition) is 4. The molecular formula is C20H30N2O3. The van der Waals surface area contributed by atoms with Crippen molar-refractivity contribution in [3.63, 3.8) is 0 Å². The molecule has 1 unspecified atom stereocenters. The summed E-state index contributed by atoms with van der Waals surface area (Å²) in [6, 6.07) is 7.25. The third-order valence-electron chi connectivity index (χ3n) is 3.89. The minimum Gasteiger partial charge on any atom is -0.493 e. The molecule has 1 aromatic rings. The highest BCUT2D eigenvalue weighted by atomic mass is 16.5. The normalized spacial score (nSPS) is 13.2. The second-order valence-corrected chi connectivity index (χ2v) is 6.75. The highest BCUT2D eigenvalue weighted by Crippen LogP contribution is 2.26. The van der Waals surface area contributed by atoms with Gasteiger partial charge in [0.25, 0.3) is 5.91 Å². The molecule has 0 radical (unpaired) electrons. The van der Waals surface area contributed by atoms with Gasteiger partial charge in [0, 0.05) is 6.61 Å². The van der Waals surface area contributed by atoms with Crippen molar-refractivity contribution in [1.29, 1.82) is 5.26 Å². The van der Waals surface area contributed by atoms with Crippen LogP contribution < -0.4 is 10.1 Å². The van der Waals surface area contributed by atoms with E-state index in [1.807, 2.05) is 6.92 Å². The van der Waals surface area contributed by atoms with E-state index in [2.05, 4.69) is 32.2 Å². The molecule has 0 aromatic heterocycles. The van der Waals surface area contributed by atoms with Crippen molar-refractivity contribution in [3.8, 4) is 11.8 Å². The molecule has 1 aromatic carbocycles. The van der Waals surface area contributed by atoms with Crippen molar-refractivity contribution in [3.05, 3.63) is 23.8 Å². The average molecular weight is 346 g/mol. The Hall–Kier alpha value is -2.06. The van der Waals surface area contributed by atoms with Crippen molar-refractivity contribution in [2.75, 3.05) is 18.5 Å². The first-order chi connectivity index (χ1) is 11.9. The third kappa shape index (κ3) is 6.39. The van der Waals surface area contributed by atoms with Crippen LogP contribution in [-0.2, 0) is 9.53 Å².